The molecular formula is C136H88N4O2. The normalized spacial score (nSPS) is 11.7. The van der Waals surface area contributed by atoms with Crippen LogP contribution in [0.3, 0.4) is 0 Å². The molecule has 0 saturated heterocycles. The van der Waals surface area contributed by atoms with E-state index < -0.39 is 0 Å². The number of furan rings is 2. The lowest BCUT2D eigenvalue weighted by molar-refractivity contribution is 0.668. The van der Waals surface area contributed by atoms with Gasteiger partial charge in [0.25, 0.3) is 0 Å². The lowest BCUT2D eigenvalue weighted by Gasteiger charge is -2.25. The van der Waals surface area contributed by atoms with Gasteiger partial charge in [-0.25, -0.2) is 0 Å². The molecule has 0 aliphatic rings. The van der Waals surface area contributed by atoms with Crippen LogP contribution in [0.1, 0.15) is 0 Å². The Kier molecular flexibility index (Phi) is 20.2. The lowest BCUT2D eigenvalue weighted by atomic mass is 9.86. The average molecular weight is 1810 g/mol. The van der Waals surface area contributed by atoms with Gasteiger partial charge in [-0.2, -0.15) is 0 Å². The molecule has 0 bridgehead atoms. The van der Waals surface area contributed by atoms with Gasteiger partial charge in [-0.05, 0) is 283 Å². The zero-order valence-corrected chi connectivity index (χ0v) is 77.4. The molecule has 0 aliphatic heterocycles. The predicted molar refractivity (Wildman–Crippen MR) is 602 cm³/mol. The molecule has 0 aliphatic carbocycles. The van der Waals surface area contributed by atoms with E-state index in [-0.39, 0.29) is 0 Å². The number of para-hydroxylation sites is 6. The predicted octanol–water partition coefficient (Wildman–Crippen LogP) is 38.4. The van der Waals surface area contributed by atoms with Crippen molar-refractivity contribution in [3.8, 4) is 67.0 Å². The minimum atomic E-state index is 0.854. The van der Waals surface area contributed by atoms with Gasteiger partial charge in [0.2, 0.25) is 0 Å². The van der Waals surface area contributed by atoms with Crippen molar-refractivity contribution >= 4 is 197 Å². The molecule has 0 atom stereocenters. The first-order valence-corrected chi connectivity index (χ1v) is 48.7. The maximum atomic E-state index is 6.56. The number of hydrogen-bond acceptors (Lipinski definition) is 4. The van der Waals surface area contributed by atoms with Crippen molar-refractivity contribution in [2.24, 2.45) is 0 Å². The Morgan fingerprint density at radius 3 is 0.824 bits per heavy atom. The van der Waals surface area contributed by atoms with Crippen LogP contribution >= 0.6 is 0 Å². The highest BCUT2D eigenvalue weighted by molar-refractivity contribution is 6.30. The summed E-state index contributed by atoms with van der Waals surface area (Å²) in [7, 11) is 0. The van der Waals surface area contributed by atoms with Crippen molar-refractivity contribution in [1.29, 1.82) is 0 Å². The summed E-state index contributed by atoms with van der Waals surface area (Å²) in [5.41, 5.74) is 29.6. The van der Waals surface area contributed by atoms with Crippen LogP contribution in [0.4, 0.5) is 34.1 Å². The molecule has 29 aromatic rings. The van der Waals surface area contributed by atoms with Crippen molar-refractivity contribution in [1.82, 2.24) is 9.13 Å². The SMILES string of the molecule is c1ccc(-c2c3ccccc3c(-c3ccc(-c4ccc5c(c4)c4ccccc4n5-c4ccccc4)cc3)c3ccccc23)cc1.c1ccc(-c2c3ccccc3c(-c3ccc(-n4c5ccc6ccccc6c5c5c6ccccc6ccc54)cc3)c3ccccc23)cc1.c1ccc(N(c2ccccc2)c2ccc3c(c2)oc2cc4cc5oc6cc(N(c7ccccc7)c7ccccc7)ccc6c5cc4cc23)cc1. The molecule has 4 heterocycles. The van der Waals surface area contributed by atoms with Gasteiger partial charge in [-0.3, -0.25) is 0 Å². The van der Waals surface area contributed by atoms with Gasteiger partial charge in [0.1, 0.15) is 22.3 Å². The fraction of sp³-hybridized carbons (Fsp3) is 0. The van der Waals surface area contributed by atoms with E-state index in [1.54, 1.807) is 0 Å². The lowest BCUT2D eigenvalue weighted by Crippen LogP contribution is -2.09. The van der Waals surface area contributed by atoms with E-state index in [2.05, 4.69) is 529 Å². The third kappa shape index (κ3) is 14.2. The number of hydrogen-bond donors (Lipinski definition) is 0. The van der Waals surface area contributed by atoms with Crippen LogP contribution in [0.2, 0.25) is 0 Å². The van der Waals surface area contributed by atoms with E-state index in [1.165, 1.54) is 170 Å². The van der Waals surface area contributed by atoms with E-state index in [4.69, 9.17) is 8.83 Å². The molecule has 0 spiro atoms. The van der Waals surface area contributed by atoms with Crippen molar-refractivity contribution in [3.05, 3.63) is 534 Å². The number of rotatable bonds is 13. The summed E-state index contributed by atoms with van der Waals surface area (Å²) in [5.74, 6) is 0. The molecule has 6 heteroatoms. The highest BCUT2D eigenvalue weighted by Crippen LogP contribution is 2.51. The Balaban J connectivity index is 0.000000107. The fourth-order valence-electron chi connectivity index (χ4n) is 22.4. The maximum absolute atomic E-state index is 6.56. The molecule has 6 nitrogen and oxygen atoms in total. The van der Waals surface area contributed by atoms with Crippen molar-refractivity contribution < 1.29 is 8.83 Å². The molecule has 142 heavy (non-hydrogen) atoms. The van der Waals surface area contributed by atoms with Crippen LogP contribution < -0.4 is 9.80 Å². The van der Waals surface area contributed by atoms with Crippen LogP contribution in [0.5, 0.6) is 0 Å². The van der Waals surface area contributed by atoms with Crippen LogP contribution in [0.15, 0.2) is 543 Å². The zero-order chi connectivity index (χ0) is 93.7. The van der Waals surface area contributed by atoms with E-state index in [1.807, 2.05) is 24.3 Å². The summed E-state index contributed by atoms with van der Waals surface area (Å²) >= 11 is 0. The minimum absolute atomic E-state index is 0.854. The number of aromatic nitrogens is 2. The molecule has 0 saturated carbocycles. The molecule has 29 rings (SSSR count). The van der Waals surface area contributed by atoms with E-state index in [0.29, 0.717) is 0 Å². The second kappa shape index (κ2) is 34.7. The topological polar surface area (TPSA) is 42.6 Å². The maximum Gasteiger partial charge on any atom is 0.137 e. The Morgan fingerprint density at radius 2 is 0.423 bits per heavy atom. The first kappa shape index (κ1) is 82.6. The standard InChI is InChI=1S/C46H30N2O2.C46H29N.C44H29N/c1-5-13-33(14-6-1)47(34-15-7-2-8-16-34)37-21-23-39-41-25-31-26-42-40-24-22-38(48(35-17-9-3-10-18-35)36-19-11-4-12-20-36)30-46(40)50-44(42)28-32(31)27-43(41)49-45(39)29-37;1-2-14-32(15-3-1)43-37-18-8-10-20-39(37)44(40-21-11-9-19-38(40)43)33-22-26-34(27-23-33)47-41-28-24-30-12-4-6-16-35(30)45(41)46-36-17-7-5-13-31(36)25-29-42(46)47;1-3-13-31(14-4-1)43-36-18-7-9-20-38(36)44(39-21-10-8-19-37(39)43)32-25-23-30(24-26-32)33-27-28-42-40(29-33)35-17-11-12-22-41(35)45(42)34-15-5-2-6-16-34/h1-30H;1-29H;1-29H. The van der Waals surface area contributed by atoms with Gasteiger partial charge in [-0.15, -0.1) is 0 Å². The fourth-order valence-corrected chi connectivity index (χ4v) is 22.4. The van der Waals surface area contributed by atoms with Crippen molar-refractivity contribution in [2.45, 2.75) is 0 Å². The number of nitrogens with zero attached hydrogens (tertiary/aromatic N) is 4. The van der Waals surface area contributed by atoms with Crippen molar-refractivity contribution in [3.63, 3.8) is 0 Å². The Morgan fingerprint density at radius 1 is 0.141 bits per heavy atom. The Hall–Kier alpha value is -18.9. The summed E-state index contributed by atoms with van der Waals surface area (Å²) in [6, 6.07) is 192. The van der Waals surface area contributed by atoms with Crippen LogP contribution in [0, 0.1) is 0 Å². The molecule has 664 valence electrons. The third-order valence-electron chi connectivity index (χ3n) is 28.7. The number of fused-ring (bicyclic) bond motifs is 21. The average Bonchev–Trinajstić information content (AvgIpc) is 1.63. The number of anilines is 6. The molecular weight excluding hydrogens is 1720 g/mol. The number of benzene rings is 25. The molecule has 0 radical (unpaired) electrons. The minimum Gasteiger partial charge on any atom is -0.456 e. The third-order valence-corrected chi connectivity index (χ3v) is 28.7. The van der Waals surface area contributed by atoms with Crippen LogP contribution in [0.25, 0.3) is 230 Å². The van der Waals surface area contributed by atoms with Gasteiger partial charge in [0, 0.05) is 101 Å². The van der Waals surface area contributed by atoms with E-state index in [0.717, 1.165) is 94.5 Å². The largest absolute Gasteiger partial charge is 0.456 e. The van der Waals surface area contributed by atoms with Crippen LogP contribution in [-0.4, -0.2) is 9.13 Å². The van der Waals surface area contributed by atoms with E-state index >= 15 is 0 Å². The van der Waals surface area contributed by atoms with Gasteiger partial charge in [0.15, 0.2) is 0 Å². The highest BCUT2D eigenvalue weighted by Gasteiger charge is 2.26. The van der Waals surface area contributed by atoms with Gasteiger partial charge < -0.3 is 27.8 Å². The van der Waals surface area contributed by atoms with Crippen LogP contribution in [-0.2, 0) is 0 Å². The van der Waals surface area contributed by atoms with Gasteiger partial charge in [-0.1, -0.05) is 370 Å². The summed E-state index contributed by atoms with van der Waals surface area (Å²) in [5, 5.41) is 27.1. The van der Waals surface area contributed by atoms with Gasteiger partial charge >= 0.3 is 0 Å². The first-order chi connectivity index (χ1) is 70.5. The molecule has 4 aromatic heterocycles. The Bertz CT molecular complexity index is 9470. The second-order valence-corrected chi connectivity index (χ2v) is 36.8. The first-order valence-electron chi connectivity index (χ1n) is 48.7. The monoisotopic (exact) mass is 1810 g/mol. The molecule has 0 amide bonds. The van der Waals surface area contributed by atoms with Crippen molar-refractivity contribution in [2.75, 3.05) is 9.80 Å². The van der Waals surface area contributed by atoms with Gasteiger partial charge in [0.05, 0.1) is 22.1 Å². The van der Waals surface area contributed by atoms with E-state index in [9.17, 15) is 0 Å². The zero-order valence-electron chi connectivity index (χ0n) is 77.4. The summed E-state index contributed by atoms with van der Waals surface area (Å²) in [6.45, 7) is 0. The Labute approximate surface area is 819 Å². The summed E-state index contributed by atoms with van der Waals surface area (Å²) < 4.78 is 17.9. The smallest absolute Gasteiger partial charge is 0.137 e. The summed E-state index contributed by atoms with van der Waals surface area (Å²) in [6.07, 6.45) is 0. The quantitative estimate of drug-likeness (QED) is 0.108. The summed E-state index contributed by atoms with van der Waals surface area (Å²) in [4.78, 5) is 4.51. The molecule has 0 fully saturated rings. The molecule has 0 unspecified atom stereocenters. The highest BCUT2D eigenvalue weighted by atomic mass is 16.3. The molecule has 0 N–H and O–H groups in total. The second-order valence-electron chi connectivity index (χ2n) is 36.8. The molecule has 25 aromatic carbocycles.